The highest BCUT2D eigenvalue weighted by Gasteiger charge is 2.30. The molecule has 0 aromatic heterocycles. The summed E-state index contributed by atoms with van der Waals surface area (Å²) >= 11 is 0. The number of guanidine groups is 1. The van der Waals surface area contributed by atoms with Gasteiger partial charge in [-0.1, -0.05) is 12.1 Å². The van der Waals surface area contributed by atoms with Crippen molar-refractivity contribution in [3.8, 4) is 0 Å². The molecule has 0 radical (unpaired) electrons. The molecule has 1 aromatic rings. The molecular formula is C21H31F3IN3O2. The summed E-state index contributed by atoms with van der Waals surface area (Å²) in [7, 11) is 1.72. The summed E-state index contributed by atoms with van der Waals surface area (Å²) < 4.78 is 49.8. The molecule has 5 nitrogen and oxygen atoms in total. The first-order valence-electron chi connectivity index (χ1n) is 10.3. The van der Waals surface area contributed by atoms with Crippen molar-refractivity contribution in [2.45, 2.75) is 57.0 Å². The molecule has 2 aliphatic rings. The standard InChI is InChI=1S/C21H30F3N3O2.HI/c1-25-20(26-14-16-5-7-17(8-6-16)21(22,23)24)27-11-9-18(10-12-27)29-15-19-4-2-3-13-28-19;/h5-8,18-19H,2-4,9-15H2,1H3,(H,25,26);1H. The fourth-order valence-electron chi connectivity index (χ4n) is 3.74. The van der Waals surface area contributed by atoms with Crippen LogP contribution >= 0.6 is 24.0 Å². The predicted octanol–water partition coefficient (Wildman–Crippen LogP) is 4.45. The van der Waals surface area contributed by atoms with Crippen LogP contribution in [0, 0.1) is 0 Å². The third-order valence-electron chi connectivity index (χ3n) is 5.48. The summed E-state index contributed by atoms with van der Waals surface area (Å²) in [5.41, 5.74) is 0.149. The van der Waals surface area contributed by atoms with E-state index in [-0.39, 0.29) is 36.2 Å². The summed E-state index contributed by atoms with van der Waals surface area (Å²) in [6.07, 6.45) is 1.46. The van der Waals surface area contributed by atoms with Gasteiger partial charge in [-0.05, 0) is 49.8 Å². The van der Waals surface area contributed by atoms with Crippen LogP contribution in [0.3, 0.4) is 0 Å². The van der Waals surface area contributed by atoms with Gasteiger partial charge < -0.3 is 19.7 Å². The number of hydrogen-bond donors (Lipinski definition) is 1. The zero-order valence-corrected chi connectivity index (χ0v) is 19.6. The van der Waals surface area contributed by atoms with Gasteiger partial charge in [0.05, 0.1) is 24.4 Å². The number of halogens is 4. The van der Waals surface area contributed by atoms with E-state index in [1.54, 1.807) is 7.05 Å². The maximum Gasteiger partial charge on any atom is 0.416 e. The van der Waals surface area contributed by atoms with Gasteiger partial charge in [-0.25, -0.2) is 0 Å². The minimum atomic E-state index is -4.31. The van der Waals surface area contributed by atoms with Crippen molar-refractivity contribution in [1.82, 2.24) is 10.2 Å². The fraction of sp³-hybridized carbons (Fsp3) is 0.667. The Balaban J connectivity index is 0.00000320. The zero-order chi connectivity index (χ0) is 20.7. The molecule has 9 heteroatoms. The fourth-order valence-corrected chi connectivity index (χ4v) is 3.74. The monoisotopic (exact) mass is 541 g/mol. The van der Waals surface area contributed by atoms with Crippen LogP contribution < -0.4 is 5.32 Å². The Hall–Kier alpha value is -1.07. The Kier molecular flexibility index (Phi) is 10.2. The van der Waals surface area contributed by atoms with Crippen LogP contribution in [0.4, 0.5) is 13.2 Å². The number of nitrogens with one attached hydrogen (secondary N) is 1. The predicted molar refractivity (Wildman–Crippen MR) is 121 cm³/mol. The number of rotatable bonds is 5. The van der Waals surface area contributed by atoms with Gasteiger partial charge in [-0.3, -0.25) is 4.99 Å². The molecule has 1 unspecified atom stereocenters. The second-order valence-electron chi connectivity index (χ2n) is 7.60. The molecule has 30 heavy (non-hydrogen) atoms. The summed E-state index contributed by atoms with van der Waals surface area (Å²) in [5.74, 6) is 0.763. The maximum atomic E-state index is 12.7. The molecule has 0 bridgehead atoms. The molecule has 3 rings (SSSR count). The summed E-state index contributed by atoms with van der Waals surface area (Å²) in [6.45, 7) is 3.62. The summed E-state index contributed by atoms with van der Waals surface area (Å²) in [4.78, 5) is 6.49. The molecule has 2 aliphatic heterocycles. The number of hydrogen-bond acceptors (Lipinski definition) is 3. The topological polar surface area (TPSA) is 46.1 Å². The van der Waals surface area contributed by atoms with Gasteiger partial charge in [0.2, 0.25) is 0 Å². The van der Waals surface area contributed by atoms with E-state index in [2.05, 4.69) is 15.2 Å². The zero-order valence-electron chi connectivity index (χ0n) is 17.3. The minimum Gasteiger partial charge on any atom is -0.376 e. The largest absolute Gasteiger partial charge is 0.416 e. The van der Waals surface area contributed by atoms with Gasteiger partial charge in [-0.15, -0.1) is 24.0 Å². The lowest BCUT2D eigenvalue weighted by Gasteiger charge is -2.35. The van der Waals surface area contributed by atoms with Crippen molar-refractivity contribution in [1.29, 1.82) is 0 Å². The van der Waals surface area contributed by atoms with Gasteiger partial charge in [0.1, 0.15) is 0 Å². The second-order valence-corrected chi connectivity index (χ2v) is 7.60. The number of ether oxygens (including phenoxy) is 2. The van der Waals surface area contributed by atoms with Crippen molar-refractivity contribution in [2.75, 3.05) is 33.4 Å². The molecular weight excluding hydrogens is 510 g/mol. The summed E-state index contributed by atoms with van der Waals surface area (Å²) in [5, 5.41) is 3.25. The quantitative estimate of drug-likeness (QED) is 0.340. The van der Waals surface area contributed by atoms with E-state index in [0.29, 0.717) is 13.2 Å². The maximum absolute atomic E-state index is 12.7. The van der Waals surface area contributed by atoms with Crippen LogP contribution in [0.2, 0.25) is 0 Å². The highest BCUT2D eigenvalue weighted by Crippen LogP contribution is 2.29. The lowest BCUT2D eigenvalue weighted by Crippen LogP contribution is -2.47. The van der Waals surface area contributed by atoms with E-state index < -0.39 is 11.7 Å². The van der Waals surface area contributed by atoms with E-state index in [1.165, 1.54) is 18.6 Å². The van der Waals surface area contributed by atoms with Crippen molar-refractivity contribution in [3.63, 3.8) is 0 Å². The molecule has 2 fully saturated rings. The molecule has 1 atom stereocenters. The normalized spacial score (nSPS) is 21.3. The molecule has 2 saturated heterocycles. The third kappa shape index (κ3) is 7.56. The van der Waals surface area contributed by atoms with E-state index >= 15 is 0 Å². The highest BCUT2D eigenvalue weighted by molar-refractivity contribution is 14.0. The Morgan fingerprint density at radius 3 is 2.43 bits per heavy atom. The van der Waals surface area contributed by atoms with Crippen LogP contribution in [0.25, 0.3) is 0 Å². The molecule has 1 N–H and O–H groups in total. The number of aliphatic imine (C=N–C) groups is 1. The van der Waals surface area contributed by atoms with E-state index in [4.69, 9.17) is 9.47 Å². The Morgan fingerprint density at radius 2 is 1.87 bits per heavy atom. The van der Waals surface area contributed by atoms with E-state index in [9.17, 15) is 13.2 Å². The van der Waals surface area contributed by atoms with Gasteiger partial charge in [0.15, 0.2) is 5.96 Å². The van der Waals surface area contributed by atoms with Crippen molar-refractivity contribution in [3.05, 3.63) is 35.4 Å². The van der Waals surface area contributed by atoms with Crippen molar-refractivity contribution >= 4 is 29.9 Å². The Bertz CT molecular complexity index is 656. The van der Waals surface area contributed by atoms with Crippen LogP contribution in [0.15, 0.2) is 29.3 Å². The lowest BCUT2D eigenvalue weighted by atomic mass is 10.1. The first-order valence-corrected chi connectivity index (χ1v) is 10.3. The van der Waals surface area contributed by atoms with Gasteiger partial charge in [-0.2, -0.15) is 13.2 Å². The number of alkyl halides is 3. The number of nitrogens with zero attached hydrogens (tertiary/aromatic N) is 2. The third-order valence-corrected chi connectivity index (χ3v) is 5.48. The number of piperidine rings is 1. The van der Waals surface area contributed by atoms with Gasteiger partial charge in [0, 0.05) is 33.3 Å². The lowest BCUT2D eigenvalue weighted by molar-refractivity contribution is -0.137. The number of likely N-dealkylation sites (tertiary alicyclic amines) is 1. The van der Waals surface area contributed by atoms with Crippen LogP contribution in [0.1, 0.15) is 43.2 Å². The van der Waals surface area contributed by atoms with E-state index in [1.807, 2.05) is 0 Å². The molecule has 170 valence electrons. The first kappa shape index (κ1) is 25.2. The van der Waals surface area contributed by atoms with Crippen molar-refractivity contribution < 1.29 is 22.6 Å². The average molecular weight is 541 g/mol. The van der Waals surface area contributed by atoms with Gasteiger partial charge >= 0.3 is 6.18 Å². The molecule has 0 spiro atoms. The van der Waals surface area contributed by atoms with Crippen LogP contribution in [-0.2, 0) is 22.2 Å². The molecule has 2 heterocycles. The van der Waals surface area contributed by atoms with Crippen molar-refractivity contribution in [2.24, 2.45) is 4.99 Å². The Morgan fingerprint density at radius 1 is 1.17 bits per heavy atom. The summed E-state index contributed by atoms with van der Waals surface area (Å²) in [6, 6.07) is 5.21. The van der Waals surface area contributed by atoms with E-state index in [0.717, 1.165) is 69.0 Å². The Labute approximate surface area is 193 Å². The van der Waals surface area contributed by atoms with Gasteiger partial charge in [0.25, 0.3) is 0 Å². The smallest absolute Gasteiger partial charge is 0.376 e. The molecule has 1 aromatic carbocycles. The average Bonchev–Trinajstić information content (AvgIpc) is 2.74. The van der Waals surface area contributed by atoms with Crippen LogP contribution in [-0.4, -0.2) is 56.4 Å². The minimum absolute atomic E-state index is 0. The highest BCUT2D eigenvalue weighted by atomic mass is 127. The molecule has 0 aliphatic carbocycles. The molecule has 0 saturated carbocycles. The second kappa shape index (κ2) is 12.1. The van der Waals surface area contributed by atoms with Crippen LogP contribution in [0.5, 0.6) is 0 Å². The number of benzene rings is 1. The molecule has 0 amide bonds. The first-order chi connectivity index (χ1) is 14.0. The SMILES string of the molecule is CN=C(NCc1ccc(C(F)(F)F)cc1)N1CCC(OCC2CCCCO2)CC1.I.